The van der Waals surface area contributed by atoms with Gasteiger partial charge in [0.25, 0.3) is 0 Å². The lowest BCUT2D eigenvalue weighted by molar-refractivity contribution is -0.432. The van der Waals surface area contributed by atoms with Crippen molar-refractivity contribution in [1.82, 2.24) is 0 Å². The molecule has 0 saturated carbocycles. The van der Waals surface area contributed by atoms with Crippen LogP contribution in [-0.2, 0) is 37.9 Å². The van der Waals surface area contributed by atoms with Crippen molar-refractivity contribution in [1.29, 1.82) is 0 Å². The minimum Gasteiger partial charge on any atom is -0.463 e. The summed E-state index contributed by atoms with van der Waals surface area (Å²) in [6, 6.07) is 4.19. The van der Waals surface area contributed by atoms with E-state index in [2.05, 4.69) is 9.37 Å². The van der Waals surface area contributed by atoms with Crippen LogP contribution >= 0.6 is 12.0 Å². The summed E-state index contributed by atoms with van der Waals surface area (Å²) in [5, 5.41) is 29.6. The number of hydrogen-bond donors (Lipinski definition) is 3. The number of hydrogen-bond acceptors (Lipinski definition) is 14. The van der Waals surface area contributed by atoms with Crippen LogP contribution in [0.15, 0.2) is 35.2 Å². The number of esters is 4. The van der Waals surface area contributed by atoms with Crippen LogP contribution in [0.4, 0.5) is 0 Å². The molecule has 1 rings (SSSR count). The summed E-state index contributed by atoms with van der Waals surface area (Å²) in [6.07, 6.45) is 10.7. The molecule has 1 aromatic carbocycles. The third kappa shape index (κ3) is 20.0. The summed E-state index contributed by atoms with van der Waals surface area (Å²) in [5.74, 6) is -2.55. The van der Waals surface area contributed by atoms with Crippen LogP contribution in [-0.4, -0.2) is 79.0 Å². The molecule has 0 saturated heterocycles. The maximum absolute atomic E-state index is 12.6. The molecule has 0 amide bonds. The van der Waals surface area contributed by atoms with Crippen LogP contribution in [0.2, 0.25) is 0 Å². The Morgan fingerprint density at radius 1 is 0.568 bits per heavy atom. The zero-order valence-electron chi connectivity index (χ0n) is 24.9. The van der Waals surface area contributed by atoms with E-state index in [4.69, 9.17) is 34.4 Å². The fraction of sp³-hybridized carbons (Fsp3) is 0.600. The molecule has 3 N–H and O–H groups in total. The second-order valence-corrected chi connectivity index (χ2v) is 10.4. The number of unbranched alkanes of at least 4 members (excludes halogenated alkanes) is 9. The Kier molecular flexibility index (Phi) is 23.4. The van der Waals surface area contributed by atoms with Gasteiger partial charge in [-0.2, -0.15) is 0 Å². The molecule has 0 aromatic heterocycles. The molecule has 0 unspecified atom stereocenters. The first-order valence-electron chi connectivity index (χ1n) is 14.8. The van der Waals surface area contributed by atoms with Gasteiger partial charge in [-0.1, -0.05) is 17.9 Å². The molecule has 0 fully saturated rings. The van der Waals surface area contributed by atoms with Gasteiger partial charge in [-0.15, -0.1) is 4.33 Å². The highest BCUT2D eigenvalue weighted by Gasteiger charge is 2.16. The molecule has 0 spiro atoms. The van der Waals surface area contributed by atoms with Crippen molar-refractivity contribution in [3.05, 3.63) is 41.5 Å². The Balaban J connectivity index is 2.32. The van der Waals surface area contributed by atoms with Gasteiger partial charge in [-0.25, -0.2) is 24.4 Å². The minimum atomic E-state index is -0.656. The van der Waals surface area contributed by atoms with Gasteiger partial charge < -0.3 is 29.2 Å². The first-order valence-corrected chi connectivity index (χ1v) is 15.5. The van der Waals surface area contributed by atoms with Crippen LogP contribution in [0.3, 0.4) is 0 Å². The van der Waals surface area contributed by atoms with E-state index in [1.165, 1.54) is 18.2 Å². The van der Waals surface area contributed by atoms with E-state index in [-0.39, 0.29) is 50.8 Å². The predicted octanol–water partition coefficient (Wildman–Crippen LogP) is 4.74. The van der Waals surface area contributed by atoms with Gasteiger partial charge in [0.15, 0.2) is 0 Å². The standard InChI is InChI=1S/C30H44O13S/c31-15-7-1-3-9-17-38-27(33)13-14-28(34)39-18-10-5-6-12-20-41-30(36)25-21-24(22-26(23-25)44-43-42-37)29(35)40-19-11-4-2-8-16-32/h13-14,21-23,31-32,37H,1-12,15-20H2/b14-13-. The minimum absolute atomic E-state index is 0.0910. The second kappa shape index (κ2) is 26.4. The van der Waals surface area contributed by atoms with Crippen molar-refractivity contribution in [2.45, 2.75) is 81.9 Å². The van der Waals surface area contributed by atoms with Gasteiger partial charge in [-0.3, -0.25) is 0 Å². The summed E-state index contributed by atoms with van der Waals surface area (Å²) in [6.45, 7) is 1.02. The maximum Gasteiger partial charge on any atom is 0.338 e. The number of ether oxygens (including phenoxy) is 4. The molecule has 0 bridgehead atoms. The van der Waals surface area contributed by atoms with E-state index in [1.54, 1.807) is 0 Å². The molecule has 0 aliphatic heterocycles. The summed E-state index contributed by atoms with van der Waals surface area (Å²) >= 11 is 0.592. The second-order valence-electron chi connectivity index (χ2n) is 9.60. The molecule has 0 heterocycles. The zero-order chi connectivity index (χ0) is 32.3. The molecule has 0 aliphatic rings. The molecule has 0 radical (unpaired) electrons. The zero-order valence-corrected chi connectivity index (χ0v) is 25.8. The van der Waals surface area contributed by atoms with Crippen molar-refractivity contribution in [2.24, 2.45) is 0 Å². The molecule has 0 atom stereocenters. The van der Waals surface area contributed by atoms with E-state index < -0.39 is 23.9 Å². The summed E-state index contributed by atoms with van der Waals surface area (Å²) in [5.41, 5.74) is 0.193. The third-order valence-electron chi connectivity index (χ3n) is 5.99. The molecule has 1 aromatic rings. The Morgan fingerprint density at radius 2 is 0.955 bits per heavy atom. The average molecular weight is 645 g/mol. The van der Waals surface area contributed by atoms with Crippen molar-refractivity contribution in [3.63, 3.8) is 0 Å². The van der Waals surface area contributed by atoms with Crippen LogP contribution < -0.4 is 0 Å². The fourth-order valence-corrected chi connectivity index (χ4v) is 4.16. The fourth-order valence-electron chi connectivity index (χ4n) is 3.70. The van der Waals surface area contributed by atoms with Gasteiger partial charge >= 0.3 is 23.9 Å². The van der Waals surface area contributed by atoms with Crippen molar-refractivity contribution >= 4 is 35.9 Å². The number of aliphatic hydroxyl groups excluding tert-OH is 2. The largest absolute Gasteiger partial charge is 0.463 e. The topological polar surface area (TPSA) is 184 Å². The van der Waals surface area contributed by atoms with Gasteiger partial charge in [0.1, 0.15) is 0 Å². The monoisotopic (exact) mass is 644 g/mol. The van der Waals surface area contributed by atoms with Gasteiger partial charge in [0.05, 0.1) is 49.6 Å². The highest BCUT2D eigenvalue weighted by molar-refractivity contribution is 7.94. The molecule has 248 valence electrons. The molecular formula is C30H44O13S. The summed E-state index contributed by atoms with van der Waals surface area (Å²) in [7, 11) is 0. The SMILES string of the molecule is O=C(/C=C\C(=O)OCCCCCCOC(=O)c1cc(SOOO)cc(C(=O)OCCCCCCO)c1)OCCCCCCO. The lowest BCUT2D eigenvalue weighted by Crippen LogP contribution is -2.11. The maximum atomic E-state index is 12.6. The molecule has 13 nitrogen and oxygen atoms in total. The highest BCUT2D eigenvalue weighted by atomic mass is 32.2. The molecular weight excluding hydrogens is 600 g/mol. The number of carbonyl (C=O) groups excluding carboxylic acids is 4. The number of benzene rings is 1. The molecule has 0 aliphatic carbocycles. The third-order valence-corrected chi connectivity index (χ3v) is 6.55. The number of aliphatic hydroxyl groups is 2. The first kappa shape index (κ1) is 39.0. The summed E-state index contributed by atoms with van der Waals surface area (Å²) < 4.78 is 25.1. The van der Waals surface area contributed by atoms with Crippen LogP contribution in [0.1, 0.15) is 97.8 Å². The Labute approximate surface area is 261 Å². The van der Waals surface area contributed by atoms with E-state index in [9.17, 15) is 19.2 Å². The van der Waals surface area contributed by atoms with E-state index in [0.29, 0.717) is 61.9 Å². The van der Waals surface area contributed by atoms with Crippen molar-refractivity contribution < 1.29 is 63.0 Å². The predicted molar refractivity (Wildman–Crippen MR) is 158 cm³/mol. The van der Waals surface area contributed by atoms with Crippen LogP contribution in [0.25, 0.3) is 0 Å². The Hall–Kier alpha value is -3.01. The molecule has 14 heteroatoms. The Bertz CT molecular complexity index is 999. The first-order chi connectivity index (χ1) is 21.4. The van der Waals surface area contributed by atoms with Crippen LogP contribution in [0.5, 0.6) is 0 Å². The average Bonchev–Trinajstić information content (AvgIpc) is 3.03. The van der Waals surface area contributed by atoms with Crippen molar-refractivity contribution in [2.75, 3.05) is 39.6 Å². The quantitative estimate of drug-likeness (QED) is 0.0239. The molecule has 44 heavy (non-hydrogen) atoms. The number of rotatable bonds is 26. The highest BCUT2D eigenvalue weighted by Crippen LogP contribution is 2.24. The van der Waals surface area contributed by atoms with E-state index >= 15 is 0 Å². The lowest BCUT2D eigenvalue weighted by Gasteiger charge is -2.10. The summed E-state index contributed by atoms with van der Waals surface area (Å²) in [4.78, 5) is 48.7. The number of carbonyl (C=O) groups is 4. The normalized spacial score (nSPS) is 11.0. The van der Waals surface area contributed by atoms with Gasteiger partial charge in [0.2, 0.25) is 0 Å². The smallest absolute Gasteiger partial charge is 0.338 e. The lowest BCUT2D eigenvalue weighted by atomic mass is 10.1. The van der Waals surface area contributed by atoms with Crippen LogP contribution in [0, 0.1) is 0 Å². The van der Waals surface area contributed by atoms with E-state index in [1.807, 2.05) is 0 Å². The van der Waals surface area contributed by atoms with Gasteiger partial charge in [-0.05, 0) is 82.4 Å². The van der Waals surface area contributed by atoms with Crippen molar-refractivity contribution in [3.8, 4) is 0 Å². The van der Waals surface area contributed by atoms with E-state index in [0.717, 1.165) is 44.3 Å². The Morgan fingerprint density at radius 3 is 1.34 bits per heavy atom. The van der Waals surface area contributed by atoms with Gasteiger partial charge in [0, 0.05) is 30.3 Å².